The molecule has 7 nitrogen and oxygen atoms in total. The second-order valence-electron chi connectivity index (χ2n) is 5.23. The Bertz CT molecular complexity index is 1100. The average molecular weight is 370 g/mol. The fraction of sp³-hybridized carbons (Fsp3) is 0.125. The number of rotatable bonds is 4. The van der Waals surface area contributed by atoms with E-state index in [9.17, 15) is 4.79 Å². The van der Waals surface area contributed by atoms with Gasteiger partial charge in [-0.3, -0.25) is 4.79 Å². The molecule has 0 bridgehead atoms. The highest BCUT2D eigenvalue weighted by molar-refractivity contribution is 7.18. The van der Waals surface area contributed by atoms with Crippen LogP contribution >= 0.6 is 22.7 Å². The lowest BCUT2D eigenvalue weighted by Crippen LogP contribution is -2.22. The molecule has 0 amide bonds. The van der Waals surface area contributed by atoms with Crippen molar-refractivity contribution in [3.63, 3.8) is 0 Å². The number of hydrogen-bond donors (Lipinski definition) is 2. The molecule has 0 radical (unpaired) electrons. The van der Waals surface area contributed by atoms with E-state index in [2.05, 4.69) is 20.6 Å². The van der Waals surface area contributed by atoms with E-state index >= 15 is 0 Å². The van der Waals surface area contributed by atoms with Crippen LogP contribution in [0.25, 0.3) is 27.2 Å². The van der Waals surface area contributed by atoms with Crippen molar-refractivity contribution in [2.24, 2.45) is 0 Å². The van der Waals surface area contributed by atoms with Gasteiger partial charge >= 0.3 is 0 Å². The summed E-state index contributed by atoms with van der Waals surface area (Å²) >= 11 is 2.72. The van der Waals surface area contributed by atoms with Gasteiger partial charge in [-0.25, -0.2) is 0 Å². The number of fused-ring (bicyclic) bond motifs is 1. The standard InChI is InChI=1S/C16H14N6OS2/c1-2-18-16-20-19-14(25-16)12-10-8-24-13(17)11(10)15(23)22(21-12)9-6-4-3-5-7-9/h3-8H,2,17H2,1H3,(H,18,20). The highest BCUT2D eigenvalue weighted by Gasteiger charge is 2.19. The molecule has 0 aliphatic carbocycles. The molecule has 3 N–H and O–H groups in total. The van der Waals surface area contributed by atoms with Crippen LogP contribution in [-0.4, -0.2) is 26.5 Å². The number of aromatic nitrogens is 4. The zero-order valence-electron chi connectivity index (χ0n) is 13.3. The van der Waals surface area contributed by atoms with Crippen LogP contribution in [-0.2, 0) is 0 Å². The summed E-state index contributed by atoms with van der Waals surface area (Å²) in [5.41, 5.74) is 7.10. The van der Waals surface area contributed by atoms with Gasteiger partial charge in [0.25, 0.3) is 5.56 Å². The maximum absolute atomic E-state index is 12.9. The Morgan fingerprint density at radius 3 is 2.80 bits per heavy atom. The molecule has 0 aliphatic rings. The zero-order chi connectivity index (χ0) is 17.4. The van der Waals surface area contributed by atoms with Gasteiger partial charge in [-0.1, -0.05) is 29.5 Å². The molecule has 4 rings (SSSR count). The molecule has 4 aromatic rings. The topological polar surface area (TPSA) is 98.7 Å². The van der Waals surface area contributed by atoms with E-state index in [0.29, 0.717) is 37.3 Å². The van der Waals surface area contributed by atoms with Crippen molar-refractivity contribution < 1.29 is 0 Å². The third-order valence-corrected chi connectivity index (χ3v) is 5.34. The molecule has 0 fully saturated rings. The Labute approximate surface area is 150 Å². The number of nitrogens with two attached hydrogens (primary N) is 1. The van der Waals surface area contributed by atoms with Gasteiger partial charge < -0.3 is 11.1 Å². The van der Waals surface area contributed by atoms with Crippen LogP contribution in [0.15, 0.2) is 40.5 Å². The molecule has 126 valence electrons. The Kier molecular flexibility index (Phi) is 3.94. The first-order valence-corrected chi connectivity index (χ1v) is 9.32. The molecule has 3 aromatic heterocycles. The monoisotopic (exact) mass is 370 g/mol. The fourth-order valence-corrected chi connectivity index (χ4v) is 4.12. The van der Waals surface area contributed by atoms with Crippen LogP contribution in [0, 0.1) is 0 Å². The smallest absolute Gasteiger partial charge is 0.282 e. The third-order valence-electron chi connectivity index (χ3n) is 3.64. The largest absolute Gasteiger partial charge is 0.390 e. The molecule has 3 heterocycles. The highest BCUT2D eigenvalue weighted by Crippen LogP contribution is 2.34. The second-order valence-corrected chi connectivity index (χ2v) is 7.12. The van der Waals surface area contributed by atoms with E-state index < -0.39 is 0 Å². The first-order valence-electron chi connectivity index (χ1n) is 7.62. The summed E-state index contributed by atoms with van der Waals surface area (Å²) in [5.74, 6) is 0. The third kappa shape index (κ3) is 2.67. The SMILES string of the molecule is CCNc1nnc(-c2nn(-c3ccccc3)c(=O)c3c(N)scc23)s1. The molecule has 1 aromatic carbocycles. The number of nitrogens with one attached hydrogen (secondary N) is 1. The minimum Gasteiger partial charge on any atom is -0.390 e. The van der Waals surface area contributed by atoms with Crippen molar-refractivity contribution in [1.82, 2.24) is 20.0 Å². The summed E-state index contributed by atoms with van der Waals surface area (Å²) in [6.07, 6.45) is 0. The molecule has 0 saturated heterocycles. The lowest BCUT2D eigenvalue weighted by atomic mass is 10.2. The van der Waals surface area contributed by atoms with Crippen LogP contribution in [0.1, 0.15) is 6.92 Å². The van der Waals surface area contributed by atoms with Crippen LogP contribution in [0.5, 0.6) is 0 Å². The number of para-hydroxylation sites is 1. The molecule has 0 atom stereocenters. The van der Waals surface area contributed by atoms with E-state index in [1.807, 2.05) is 42.6 Å². The Hall–Kier alpha value is -2.78. The Balaban J connectivity index is 2.00. The van der Waals surface area contributed by atoms with E-state index in [0.717, 1.165) is 6.54 Å². The number of nitrogens with zero attached hydrogens (tertiary/aromatic N) is 4. The van der Waals surface area contributed by atoms with Gasteiger partial charge in [-0.05, 0) is 19.1 Å². The number of hydrogen-bond acceptors (Lipinski definition) is 8. The molecular weight excluding hydrogens is 356 g/mol. The van der Waals surface area contributed by atoms with Crippen LogP contribution in [0.2, 0.25) is 0 Å². The van der Waals surface area contributed by atoms with E-state index in [1.165, 1.54) is 27.4 Å². The second kappa shape index (κ2) is 6.26. The summed E-state index contributed by atoms with van der Waals surface area (Å²) in [4.78, 5) is 12.9. The molecule has 0 saturated carbocycles. The van der Waals surface area contributed by atoms with Crippen molar-refractivity contribution >= 4 is 43.6 Å². The zero-order valence-corrected chi connectivity index (χ0v) is 14.9. The summed E-state index contributed by atoms with van der Waals surface area (Å²) in [6, 6.07) is 9.27. The summed E-state index contributed by atoms with van der Waals surface area (Å²) < 4.78 is 1.37. The first-order chi connectivity index (χ1) is 12.2. The van der Waals surface area contributed by atoms with Crippen molar-refractivity contribution in [2.75, 3.05) is 17.6 Å². The normalized spacial score (nSPS) is 11.1. The van der Waals surface area contributed by atoms with Crippen LogP contribution in [0.4, 0.5) is 10.1 Å². The highest BCUT2D eigenvalue weighted by atomic mass is 32.1. The molecular formula is C16H14N6OS2. The molecule has 0 spiro atoms. The van der Waals surface area contributed by atoms with Crippen molar-refractivity contribution in [2.45, 2.75) is 6.92 Å². The number of anilines is 2. The van der Waals surface area contributed by atoms with Crippen molar-refractivity contribution in [3.05, 3.63) is 46.1 Å². The van der Waals surface area contributed by atoms with Gasteiger partial charge in [0, 0.05) is 17.3 Å². The van der Waals surface area contributed by atoms with E-state index in [1.54, 1.807) is 0 Å². The summed E-state index contributed by atoms with van der Waals surface area (Å²) in [6.45, 7) is 2.75. The van der Waals surface area contributed by atoms with Crippen LogP contribution in [0.3, 0.4) is 0 Å². The van der Waals surface area contributed by atoms with Gasteiger partial charge in [0.15, 0.2) is 5.01 Å². The maximum atomic E-state index is 12.9. The van der Waals surface area contributed by atoms with Crippen LogP contribution < -0.4 is 16.6 Å². The summed E-state index contributed by atoms with van der Waals surface area (Å²) in [5, 5.41) is 20.9. The predicted molar refractivity (Wildman–Crippen MR) is 103 cm³/mol. The van der Waals surface area contributed by atoms with E-state index in [4.69, 9.17) is 5.73 Å². The van der Waals surface area contributed by atoms with Gasteiger partial charge in [0.2, 0.25) is 5.13 Å². The number of nitrogen functional groups attached to an aromatic ring is 1. The Morgan fingerprint density at radius 1 is 1.24 bits per heavy atom. The molecule has 0 aliphatic heterocycles. The molecule has 9 heteroatoms. The van der Waals surface area contributed by atoms with E-state index in [-0.39, 0.29) is 5.56 Å². The number of thiophene rings is 1. The Morgan fingerprint density at radius 2 is 2.04 bits per heavy atom. The predicted octanol–water partition coefficient (Wildman–Crippen LogP) is 2.98. The quantitative estimate of drug-likeness (QED) is 0.573. The van der Waals surface area contributed by atoms with Gasteiger partial charge in [-0.2, -0.15) is 9.78 Å². The molecule has 0 unspecified atom stereocenters. The fourth-order valence-electron chi connectivity index (χ4n) is 2.52. The van der Waals surface area contributed by atoms with Gasteiger partial charge in [-0.15, -0.1) is 21.5 Å². The lowest BCUT2D eigenvalue weighted by Gasteiger charge is -2.07. The van der Waals surface area contributed by atoms with Gasteiger partial charge in [0.05, 0.1) is 16.1 Å². The molecule has 25 heavy (non-hydrogen) atoms. The first kappa shape index (κ1) is 15.7. The van der Waals surface area contributed by atoms with Gasteiger partial charge in [0.1, 0.15) is 5.69 Å². The minimum absolute atomic E-state index is 0.236. The summed E-state index contributed by atoms with van der Waals surface area (Å²) in [7, 11) is 0. The minimum atomic E-state index is -0.236. The van der Waals surface area contributed by atoms with Crippen molar-refractivity contribution in [3.8, 4) is 16.4 Å². The lowest BCUT2D eigenvalue weighted by molar-refractivity contribution is 0.825. The maximum Gasteiger partial charge on any atom is 0.282 e. The van der Waals surface area contributed by atoms with Crippen molar-refractivity contribution in [1.29, 1.82) is 0 Å². The average Bonchev–Trinajstić information content (AvgIpc) is 3.24. The number of benzene rings is 1.